The van der Waals surface area contributed by atoms with Crippen molar-refractivity contribution in [2.24, 2.45) is 0 Å². The molecule has 6 heteroatoms. The van der Waals surface area contributed by atoms with Gasteiger partial charge in [0.25, 0.3) is 5.91 Å². The number of carbonyl (C=O) groups is 1. The van der Waals surface area contributed by atoms with Gasteiger partial charge in [-0.05, 0) is 43.2 Å². The summed E-state index contributed by atoms with van der Waals surface area (Å²) in [5.74, 6) is -0.234. The van der Waals surface area contributed by atoms with E-state index in [4.69, 9.17) is 0 Å². The number of thiophene rings is 1. The predicted octanol–water partition coefficient (Wildman–Crippen LogP) is 4.25. The summed E-state index contributed by atoms with van der Waals surface area (Å²) in [6.45, 7) is 4.39. The molecule has 1 amide bonds. The number of amides is 1. The molecule has 3 aromatic rings. The lowest BCUT2D eigenvalue weighted by Gasteiger charge is -2.17. The molecule has 4 nitrogen and oxygen atoms in total. The van der Waals surface area contributed by atoms with Crippen molar-refractivity contribution in [3.8, 4) is 10.4 Å². The highest BCUT2D eigenvalue weighted by atomic mass is 32.2. The first-order valence-electron chi connectivity index (χ1n) is 8.64. The molecular weight excluding hydrogens is 378 g/mol. The van der Waals surface area contributed by atoms with E-state index in [-0.39, 0.29) is 11.7 Å². The summed E-state index contributed by atoms with van der Waals surface area (Å²) >= 11 is 1.36. The van der Waals surface area contributed by atoms with Crippen LogP contribution in [0.25, 0.3) is 10.4 Å². The average Bonchev–Trinajstić information content (AvgIpc) is 3.03. The van der Waals surface area contributed by atoms with Gasteiger partial charge in [-0.15, -0.1) is 11.3 Å². The monoisotopic (exact) mass is 397 g/mol. The molecule has 0 bridgehead atoms. The summed E-state index contributed by atoms with van der Waals surface area (Å²) in [6, 6.07) is 15.1. The Hall–Kier alpha value is -2.44. The minimum atomic E-state index is -3.37. The van der Waals surface area contributed by atoms with Crippen LogP contribution in [-0.2, 0) is 22.1 Å². The molecule has 27 heavy (non-hydrogen) atoms. The lowest BCUT2D eigenvalue weighted by atomic mass is 10.1. The molecule has 0 saturated carbocycles. The van der Waals surface area contributed by atoms with Crippen molar-refractivity contribution in [2.45, 2.75) is 31.0 Å². The van der Waals surface area contributed by atoms with Gasteiger partial charge in [0.1, 0.15) is 0 Å². The first kappa shape index (κ1) is 17.9. The van der Waals surface area contributed by atoms with E-state index < -0.39 is 9.84 Å². The zero-order chi connectivity index (χ0) is 19.2. The van der Waals surface area contributed by atoms with E-state index in [1.807, 2.05) is 50.2 Å². The fourth-order valence-corrected chi connectivity index (χ4v) is 6.19. The highest BCUT2D eigenvalue weighted by Gasteiger charge is 2.30. The number of hydrogen-bond acceptors (Lipinski definition) is 4. The van der Waals surface area contributed by atoms with E-state index >= 15 is 0 Å². The summed E-state index contributed by atoms with van der Waals surface area (Å²) in [6.07, 6.45) is 0. The van der Waals surface area contributed by atoms with Gasteiger partial charge in [0.05, 0.1) is 15.5 Å². The first-order chi connectivity index (χ1) is 12.8. The molecule has 2 aromatic carbocycles. The topological polar surface area (TPSA) is 63.2 Å². The van der Waals surface area contributed by atoms with E-state index in [0.29, 0.717) is 27.4 Å². The van der Waals surface area contributed by atoms with E-state index in [0.717, 1.165) is 21.6 Å². The van der Waals surface area contributed by atoms with Crippen LogP contribution < -0.4 is 5.32 Å². The molecular formula is C21H19NO3S2. The maximum Gasteiger partial charge on any atom is 0.261 e. The molecule has 0 aliphatic carbocycles. The summed E-state index contributed by atoms with van der Waals surface area (Å²) in [4.78, 5) is 14.4. The Balaban J connectivity index is 1.64. The number of carbonyl (C=O) groups excluding carboxylic acids is 1. The van der Waals surface area contributed by atoms with Crippen molar-refractivity contribution in [2.75, 3.05) is 0 Å². The Kier molecular flexibility index (Phi) is 4.40. The number of sulfone groups is 1. The third-order valence-corrected chi connectivity index (χ3v) is 7.56. The molecule has 0 saturated heterocycles. The van der Waals surface area contributed by atoms with Gasteiger partial charge >= 0.3 is 0 Å². The van der Waals surface area contributed by atoms with E-state index in [9.17, 15) is 13.2 Å². The standard InChI is InChI=1S/C21H19NO3S2/c1-13-4-3-5-15(8-13)11-22-21(23)18-10-16-12-27(24,25)19-7-6-14(2)9-17(19)20(16)26-18/h3-10H,11-12H2,1-2H3,(H,22,23). The van der Waals surface area contributed by atoms with E-state index in [1.54, 1.807) is 12.1 Å². The molecule has 2 heterocycles. The maximum absolute atomic E-state index is 12.6. The zero-order valence-electron chi connectivity index (χ0n) is 15.1. The molecule has 1 aromatic heterocycles. The van der Waals surface area contributed by atoms with Crippen LogP contribution in [-0.4, -0.2) is 14.3 Å². The number of fused-ring (bicyclic) bond motifs is 3. The number of benzene rings is 2. The van der Waals surface area contributed by atoms with Gasteiger partial charge in [-0.25, -0.2) is 8.42 Å². The van der Waals surface area contributed by atoms with Gasteiger partial charge in [0, 0.05) is 17.0 Å². The van der Waals surface area contributed by atoms with Crippen LogP contribution >= 0.6 is 11.3 Å². The normalized spacial score (nSPS) is 14.3. The Morgan fingerprint density at radius 1 is 1.07 bits per heavy atom. The second-order valence-electron chi connectivity index (χ2n) is 6.90. The molecule has 0 spiro atoms. The van der Waals surface area contributed by atoms with Crippen LogP contribution in [0.15, 0.2) is 53.4 Å². The highest BCUT2D eigenvalue weighted by Crippen LogP contribution is 2.43. The highest BCUT2D eigenvalue weighted by molar-refractivity contribution is 7.91. The Morgan fingerprint density at radius 3 is 2.63 bits per heavy atom. The molecule has 0 radical (unpaired) electrons. The van der Waals surface area contributed by atoms with Crippen molar-refractivity contribution in [3.63, 3.8) is 0 Å². The second kappa shape index (κ2) is 6.62. The number of hydrogen-bond donors (Lipinski definition) is 1. The summed E-state index contributed by atoms with van der Waals surface area (Å²) in [5.41, 5.74) is 4.59. The van der Waals surface area contributed by atoms with Crippen molar-refractivity contribution in [1.29, 1.82) is 0 Å². The van der Waals surface area contributed by atoms with E-state index in [2.05, 4.69) is 5.32 Å². The third-order valence-electron chi connectivity index (χ3n) is 4.63. The second-order valence-corrected chi connectivity index (χ2v) is 9.91. The molecule has 1 aliphatic rings. The SMILES string of the molecule is Cc1cccc(CNC(=O)c2cc3c(s2)-c2cc(C)ccc2S(=O)(=O)C3)c1. The quantitative estimate of drug-likeness (QED) is 0.719. The zero-order valence-corrected chi connectivity index (χ0v) is 16.7. The minimum Gasteiger partial charge on any atom is -0.347 e. The Bertz CT molecular complexity index is 1160. The van der Waals surface area contributed by atoms with Gasteiger partial charge in [-0.3, -0.25) is 4.79 Å². The average molecular weight is 398 g/mol. The number of aryl methyl sites for hydroxylation is 2. The van der Waals surface area contributed by atoms with Crippen LogP contribution in [0.3, 0.4) is 0 Å². The van der Waals surface area contributed by atoms with Crippen LogP contribution in [0.4, 0.5) is 0 Å². The summed E-state index contributed by atoms with van der Waals surface area (Å²) < 4.78 is 25.1. The van der Waals surface area contributed by atoms with Gasteiger partial charge in [-0.2, -0.15) is 0 Å². The maximum atomic E-state index is 12.6. The molecule has 1 N–H and O–H groups in total. The van der Waals surface area contributed by atoms with E-state index in [1.165, 1.54) is 11.3 Å². The smallest absolute Gasteiger partial charge is 0.261 e. The number of rotatable bonds is 3. The third kappa shape index (κ3) is 3.42. The van der Waals surface area contributed by atoms with Crippen LogP contribution in [0.1, 0.15) is 31.9 Å². The molecule has 4 rings (SSSR count). The van der Waals surface area contributed by atoms with Crippen molar-refractivity contribution in [3.05, 3.63) is 75.7 Å². The van der Waals surface area contributed by atoms with Crippen LogP contribution in [0.5, 0.6) is 0 Å². The fraction of sp³-hybridized carbons (Fsp3) is 0.190. The van der Waals surface area contributed by atoms with Crippen LogP contribution in [0.2, 0.25) is 0 Å². The van der Waals surface area contributed by atoms with Gasteiger partial charge in [0.2, 0.25) is 0 Å². The molecule has 138 valence electrons. The molecule has 1 aliphatic heterocycles. The summed E-state index contributed by atoms with van der Waals surface area (Å²) in [7, 11) is -3.37. The van der Waals surface area contributed by atoms with Crippen molar-refractivity contribution in [1.82, 2.24) is 5.32 Å². The molecule has 0 atom stereocenters. The largest absolute Gasteiger partial charge is 0.347 e. The molecule has 0 fully saturated rings. The van der Waals surface area contributed by atoms with Gasteiger partial charge in [0.15, 0.2) is 9.84 Å². The lowest BCUT2D eigenvalue weighted by Crippen LogP contribution is -2.21. The Morgan fingerprint density at radius 2 is 1.85 bits per heavy atom. The summed E-state index contributed by atoms with van der Waals surface area (Å²) in [5, 5.41) is 2.93. The van der Waals surface area contributed by atoms with Crippen LogP contribution in [0, 0.1) is 13.8 Å². The predicted molar refractivity (Wildman–Crippen MR) is 108 cm³/mol. The molecule has 0 unspecified atom stereocenters. The van der Waals surface area contributed by atoms with Crippen molar-refractivity contribution >= 4 is 27.1 Å². The van der Waals surface area contributed by atoms with Gasteiger partial charge < -0.3 is 5.32 Å². The lowest BCUT2D eigenvalue weighted by molar-refractivity contribution is 0.0955. The Labute approximate surface area is 162 Å². The van der Waals surface area contributed by atoms with Crippen molar-refractivity contribution < 1.29 is 13.2 Å². The minimum absolute atomic E-state index is 0.0555. The van der Waals surface area contributed by atoms with Gasteiger partial charge in [-0.1, -0.05) is 41.5 Å². The first-order valence-corrected chi connectivity index (χ1v) is 11.1. The number of nitrogens with one attached hydrogen (secondary N) is 1. The fourth-order valence-electron chi connectivity index (χ4n) is 3.34.